The van der Waals surface area contributed by atoms with Gasteiger partial charge in [0.15, 0.2) is 6.29 Å². The molecule has 2 rings (SSSR count). The number of rotatable bonds is 1. The van der Waals surface area contributed by atoms with Crippen molar-refractivity contribution in [1.82, 2.24) is 9.38 Å². The van der Waals surface area contributed by atoms with E-state index in [-0.39, 0.29) is 11.1 Å². The van der Waals surface area contributed by atoms with Crippen LogP contribution >= 0.6 is 15.9 Å². The van der Waals surface area contributed by atoms with E-state index in [1.165, 1.54) is 4.40 Å². The summed E-state index contributed by atoms with van der Waals surface area (Å²) >= 11 is 3.29. The smallest absolute Gasteiger partial charge is 0.268 e. The number of carbonyl (C=O) groups excluding carboxylic acids is 1. The molecule has 0 atom stereocenters. The number of nitrogens with zero attached hydrogens (tertiary/aromatic N) is 2. The van der Waals surface area contributed by atoms with Crippen LogP contribution in [-0.4, -0.2) is 15.7 Å². The molecule has 4 nitrogen and oxygen atoms in total. The number of fused-ring (bicyclic) bond motifs is 1. The molecule has 0 radical (unpaired) electrons. The zero-order valence-corrected chi connectivity index (χ0v) is 9.48. The number of aryl methyl sites for hydroxylation is 1. The van der Waals surface area contributed by atoms with Crippen molar-refractivity contribution < 1.29 is 4.79 Å². The molecule has 76 valence electrons. The molecule has 0 spiro atoms. The van der Waals surface area contributed by atoms with Gasteiger partial charge in [-0.25, -0.2) is 4.98 Å². The Morgan fingerprint density at radius 2 is 2.27 bits per heavy atom. The fraction of sp³-hybridized carbons (Fsp3) is 0.100. The van der Waals surface area contributed by atoms with E-state index in [9.17, 15) is 9.59 Å². The Labute approximate surface area is 93.7 Å². The van der Waals surface area contributed by atoms with E-state index in [2.05, 4.69) is 20.9 Å². The second-order valence-corrected chi connectivity index (χ2v) is 4.02. The van der Waals surface area contributed by atoms with Crippen molar-refractivity contribution in [3.8, 4) is 0 Å². The standard InChI is InChI=1S/C10H7BrN2O2/c1-6-8(5-14)10(15)13-3-2-7(11)4-9(13)12-6/h2-5H,1H3. The average molecular weight is 267 g/mol. The molecule has 0 aliphatic heterocycles. The summed E-state index contributed by atoms with van der Waals surface area (Å²) in [5.41, 5.74) is 0.750. The summed E-state index contributed by atoms with van der Waals surface area (Å²) in [5.74, 6) is 0. The van der Waals surface area contributed by atoms with Crippen LogP contribution in [0.3, 0.4) is 0 Å². The van der Waals surface area contributed by atoms with Crippen LogP contribution in [0.1, 0.15) is 16.1 Å². The maximum atomic E-state index is 11.8. The Morgan fingerprint density at radius 1 is 1.53 bits per heavy atom. The summed E-state index contributed by atoms with van der Waals surface area (Å²) in [5, 5.41) is 0. The normalized spacial score (nSPS) is 10.5. The Hall–Kier alpha value is -1.49. The predicted molar refractivity (Wildman–Crippen MR) is 59.3 cm³/mol. The van der Waals surface area contributed by atoms with E-state index >= 15 is 0 Å². The summed E-state index contributed by atoms with van der Waals surface area (Å²) in [4.78, 5) is 26.6. The van der Waals surface area contributed by atoms with Crippen molar-refractivity contribution >= 4 is 27.9 Å². The van der Waals surface area contributed by atoms with Crippen molar-refractivity contribution in [3.63, 3.8) is 0 Å². The van der Waals surface area contributed by atoms with Crippen LogP contribution < -0.4 is 5.56 Å². The average Bonchev–Trinajstić information content (AvgIpc) is 2.17. The van der Waals surface area contributed by atoms with Gasteiger partial charge in [0.25, 0.3) is 5.56 Å². The van der Waals surface area contributed by atoms with Gasteiger partial charge in [-0.3, -0.25) is 14.0 Å². The largest absolute Gasteiger partial charge is 0.298 e. The molecule has 0 bridgehead atoms. The molecule has 2 heterocycles. The highest BCUT2D eigenvalue weighted by Crippen LogP contribution is 2.11. The minimum Gasteiger partial charge on any atom is -0.298 e. The van der Waals surface area contributed by atoms with Gasteiger partial charge in [0, 0.05) is 10.7 Å². The first-order valence-electron chi connectivity index (χ1n) is 4.27. The maximum absolute atomic E-state index is 11.8. The van der Waals surface area contributed by atoms with Crippen LogP contribution in [0.2, 0.25) is 0 Å². The Morgan fingerprint density at radius 3 is 2.93 bits per heavy atom. The predicted octanol–water partition coefficient (Wildman–Crippen LogP) is 1.58. The van der Waals surface area contributed by atoms with Crippen molar-refractivity contribution in [2.75, 3.05) is 0 Å². The minimum absolute atomic E-state index is 0.106. The molecule has 0 saturated heterocycles. The molecule has 0 amide bonds. The molecule has 0 aliphatic carbocycles. The van der Waals surface area contributed by atoms with E-state index in [1.54, 1.807) is 25.3 Å². The highest BCUT2D eigenvalue weighted by molar-refractivity contribution is 9.10. The van der Waals surface area contributed by atoms with Crippen molar-refractivity contribution in [1.29, 1.82) is 0 Å². The van der Waals surface area contributed by atoms with Crippen LogP contribution in [0.15, 0.2) is 27.6 Å². The molecule has 2 aromatic heterocycles. The zero-order chi connectivity index (χ0) is 11.0. The summed E-state index contributed by atoms with van der Waals surface area (Å²) < 4.78 is 2.19. The molecule has 2 aromatic rings. The first kappa shape index (κ1) is 10.0. The SMILES string of the molecule is Cc1nc2cc(Br)ccn2c(=O)c1C=O. The fourth-order valence-electron chi connectivity index (χ4n) is 1.37. The molecule has 0 fully saturated rings. The van der Waals surface area contributed by atoms with Crippen LogP contribution in [0, 0.1) is 6.92 Å². The molecule has 0 aromatic carbocycles. The fourth-order valence-corrected chi connectivity index (χ4v) is 1.70. The van der Waals surface area contributed by atoms with Crippen molar-refractivity contribution in [2.45, 2.75) is 6.92 Å². The second kappa shape index (κ2) is 3.58. The molecule has 0 N–H and O–H groups in total. The van der Waals surface area contributed by atoms with E-state index in [0.29, 0.717) is 17.6 Å². The van der Waals surface area contributed by atoms with Gasteiger partial charge < -0.3 is 0 Å². The molecule has 0 unspecified atom stereocenters. The summed E-state index contributed by atoms with van der Waals surface area (Å²) in [7, 11) is 0. The van der Waals surface area contributed by atoms with Crippen LogP contribution in [-0.2, 0) is 0 Å². The van der Waals surface area contributed by atoms with E-state index in [4.69, 9.17) is 0 Å². The van der Waals surface area contributed by atoms with Gasteiger partial charge in [-0.1, -0.05) is 15.9 Å². The van der Waals surface area contributed by atoms with E-state index in [1.807, 2.05) is 0 Å². The molecule has 0 saturated carbocycles. The van der Waals surface area contributed by atoms with Gasteiger partial charge in [0.2, 0.25) is 0 Å². The first-order valence-corrected chi connectivity index (χ1v) is 5.06. The Bertz CT molecular complexity index is 604. The maximum Gasteiger partial charge on any atom is 0.268 e. The van der Waals surface area contributed by atoms with Crippen LogP contribution in [0.25, 0.3) is 5.65 Å². The topological polar surface area (TPSA) is 51.4 Å². The third kappa shape index (κ3) is 1.59. The molecule has 15 heavy (non-hydrogen) atoms. The lowest BCUT2D eigenvalue weighted by Gasteiger charge is -2.03. The number of aromatic nitrogens is 2. The van der Waals surface area contributed by atoms with E-state index in [0.717, 1.165) is 4.47 Å². The van der Waals surface area contributed by atoms with Gasteiger partial charge >= 0.3 is 0 Å². The van der Waals surface area contributed by atoms with Crippen molar-refractivity contribution in [2.24, 2.45) is 0 Å². The summed E-state index contributed by atoms with van der Waals surface area (Å²) in [6.45, 7) is 1.64. The first-order chi connectivity index (χ1) is 7.13. The van der Waals surface area contributed by atoms with Gasteiger partial charge in [0.05, 0.1) is 5.69 Å². The third-order valence-corrected chi connectivity index (χ3v) is 2.63. The van der Waals surface area contributed by atoms with Crippen LogP contribution in [0.4, 0.5) is 0 Å². The molecular weight excluding hydrogens is 260 g/mol. The van der Waals surface area contributed by atoms with Gasteiger partial charge in [-0.15, -0.1) is 0 Å². The lowest BCUT2D eigenvalue weighted by atomic mass is 10.2. The third-order valence-electron chi connectivity index (χ3n) is 2.14. The second-order valence-electron chi connectivity index (χ2n) is 3.11. The molecular formula is C10H7BrN2O2. The van der Waals surface area contributed by atoms with E-state index < -0.39 is 0 Å². The quantitative estimate of drug-likeness (QED) is 0.737. The lowest BCUT2D eigenvalue weighted by molar-refractivity contribution is 0.112. The zero-order valence-electron chi connectivity index (χ0n) is 7.90. The Balaban J connectivity index is 2.97. The summed E-state index contributed by atoms with van der Waals surface area (Å²) in [6.07, 6.45) is 2.13. The molecule has 0 aliphatic rings. The lowest BCUT2D eigenvalue weighted by Crippen LogP contribution is -2.20. The van der Waals surface area contributed by atoms with Gasteiger partial charge in [0.1, 0.15) is 11.2 Å². The number of halogens is 1. The highest BCUT2D eigenvalue weighted by Gasteiger charge is 2.08. The number of aldehydes is 1. The number of pyridine rings is 1. The number of carbonyl (C=O) groups is 1. The number of hydrogen-bond acceptors (Lipinski definition) is 3. The monoisotopic (exact) mass is 266 g/mol. The van der Waals surface area contributed by atoms with Gasteiger partial charge in [-0.05, 0) is 19.1 Å². The van der Waals surface area contributed by atoms with Crippen molar-refractivity contribution in [3.05, 3.63) is 44.4 Å². The van der Waals surface area contributed by atoms with Gasteiger partial charge in [-0.2, -0.15) is 0 Å². The minimum atomic E-state index is -0.333. The Kier molecular flexibility index (Phi) is 2.40. The highest BCUT2D eigenvalue weighted by atomic mass is 79.9. The summed E-state index contributed by atoms with van der Waals surface area (Å²) in [6, 6.07) is 3.45. The molecule has 5 heteroatoms. The number of hydrogen-bond donors (Lipinski definition) is 0. The van der Waals surface area contributed by atoms with Crippen LogP contribution in [0.5, 0.6) is 0 Å².